The Labute approximate surface area is 167 Å². The SMILES string of the molecule is Cl.Cl.Oc1c([C@H](C2CCOCC2)N2CCNCC2)cc(Br)c(F)c1F. The van der Waals surface area contributed by atoms with E-state index in [4.69, 9.17) is 4.74 Å². The molecule has 4 nitrogen and oxygen atoms in total. The van der Waals surface area contributed by atoms with Crippen LogP contribution < -0.4 is 5.32 Å². The molecular formula is C16H23BrCl2F2N2O2. The molecular weight excluding hydrogens is 441 g/mol. The molecule has 0 aliphatic carbocycles. The van der Waals surface area contributed by atoms with Gasteiger partial charge in [-0.2, -0.15) is 4.39 Å². The van der Waals surface area contributed by atoms with Crippen LogP contribution in [-0.2, 0) is 4.74 Å². The fraction of sp³-hybridized carbons (Fsp3) is 0.625. The Bertz CT molecular complexity index is 554. The molecule has 144 valence electrons. The molecule has 1 aromatic rings. The summed E-state index contributed by atoms with van der Waals surface area (Å²) in [5.74, 6) is -2.54. The van der Waals surface area contributed by atoms with Crippen LogP contribution in [0.3, 0.4) is 0 Å². The van der Waals surface area contributed by atoms with Gasteiger partial charge in [-0.15, -0.1) is 24.8 Å². The Morgan fingerprint density at radius 1 is 1.16 bits per heavy atom. The van der Waals surface area contributed by atoms with Crippen LogP contribution in [0.15, 0.2) is 10.5 Å². The molecule has 0 spiro atoms. The topological polar surface area (TPSA) is 44.7 Å². The third kappa shape index (κ3) is 4.96. The number of phenolic OH excluding ortho intramolecular Hbond substituents is 1. The van der Waals surface area contributed by atoms with Crippen LogP contribution in [0.2, 0.25) is 0 Å². The molecule has 0 bridgehead atoms. The Balaban J connectivity index is 0.00000156. The van der Waals surface area contributed by atoms with E-state index >= 15 is 0 Å². The number of rotatable bonds is 3. The molecule has 2 N–H and O–H groups in total. The first kappa shape index (κ1) is 22.9. The Morgan fingerprint density at radius 3 is 2.36 bits per heavy atom. The molecule has 1 aromatic carbocycles. The number of piperazine rings is 1. The van der Waals surface area contributed by atoms with E-state index in [1.165, 1.54) is 6.07 Å². The first-order valence-electron chi connectivity index (χ1n) is 7.98. The summed E-state index contributed by atoms with van der Waals surface area (Å²) in [5.41, 5.74) is 0.463. The maximum atomic E-state index is 14.0. The number of nitrogens with one attached hydrogen (secondary N) is 1. The van der Waals surface area contributed by atoms with Crippen molar-refractivity contribution in [3.8, 4) is 5.75 Å². The second-order valence-corrected chi connectivity index (χ2v) is 6.96. The van der Waals surface area contributed by atoms with Crippen molar-refractivity contribution in [2.75, 3.05) is 39.4 Å². The number of phenols is 1. The van der Waals surface area contributed by atoms with Gasteiger partial charge in [0.25, 0.3) is 0 Å². The first-order valence-corrected chi connectivity index (χ1v) is 8.77. The van der Waals surface area contributed by atoms with Gasteiger partial charge in [0.05, 0.1) is 4.47 Å². The molecule has 1 atom stereocenters. The normalized spacial score (nSPS) is 20.4. The van der Waals surface area contributed by atoms with E-state index in [-0.39, 0.29) is 41.2 Å². The summed E-state index contributed by atoms with van der Waals surface area (Å²) >= 11 is 3.07. The molecule has 25 heavy (non-hydrogen) atoms. The lowest BCUT2D eigenvalue weighted by molar-refractivity contribution is 0.0204. The van der Waals surface area contributed by atoms with Crippen molar-refractivity contribution in [1.82, 2.24) is 10.2 Å². The van der Waals surface area contributed by atoms with Gasteiger partial charge < -0.3 is 15.2 Å². The third-order valence-corrected chi connectivity index (χ3v) is 5.32. The van der Waals surface area contributed by atoms with Crippen LogP contribution in [-0.4, -0.2) is 49.4 Å². The standard InChI is InChI=1S/C16H21BrF2N2O2.2ClH/c17-12-9-11(16(22)14(19)13(12)18)15(10-1-7-23-8-2-10)21-5-3-20-4-6-21;;/h9-10,15,20,22H,1-8H2;2*1H/t15-;;/m0../s1. The average molecular weight is 464 g/mol. The van der Waals surface area contributed by atoms with Gasteiger partial charge in [-0.05, 0) is 40.8 Å². The molecule has 0 radical (unpaired) electrons. The number of nitrogens with zero attached hydrogens (tertiary/aromatic N) is 1. The second-order valence-electron chi connectivity index (χ2n) is 6.10. The zero-order chi connectivity index (χ0) is 16.4. The molecule has 0 amide bonds. The highest BCUT2D eigenvalue weighted by Gasteiger charge is 2.34. The van der Waals surface area contributed by atoms with Crippen molar-refractivity contribution in [2.24, 2.45) is 5.92 Å². The molecule has 9 heteroatoms. The van der Waals surface area contributed by atoms with Crippen LogP contribution in [0.5, 0.6) is 5.75 Å². The van der Waals surface area contributed by atoms with Crippen molar-refractivity contribution in [3.05, 3.63) is 27.7 Å². The number of benzene rings is 1. The summed E-state index contributed by atoms with van der Waals surface area (Å²) in [6.45, 7) is 4.67. The molecule has 0 saturated carbocycles. The fourth-order valence-corrected chi connectivity index (χ4v) is 3.99. The predicted molar refractivity (Wildman–Crippen MR) is 101 cm³/mol. The molecule has 3 rings (SSSR count). The second kappa shape index (κ2) is 10.2. The van der Waals surface area contributed by atoms with Gasteiger partial charge in [0.2, 0.25) is 5.82 Å². The molecule has 0 unspecified atom stereocenters. The molecule has 2 aliphatic rings. The number of aromatic hydroxyl groups is 1. The summed E-state index contributed by atoms with van der Waals surface area (Å²) in [7, 11) is 0. The summed E-state index contributed by atoms with van der Waals surface area (Å²) in [5, 5.41) is 13.5. The minimum Gasteiger partial charge on any atom is -0.505 e. The average Bonchev–Trinajstić information content (AvgIpc) is 2.60. The van der Waals surface area contributed by atoms with Crippen LogP contribution in [0, 0.1) is 17.6 Å². The highest BCUT2D eigenvalue weighted by atomic mass is 79.9. The summed E-state index contributed by atoms with van der Waals surface area (Å²) < 4.78 is 33.2. The van der Waals surface area contributed by atoms with Gasteiger partial charge in [0.1, 0.15) is 0 Å². The third-order valence-electron chi connectivity index (χ3n) is 4.74. The first-order chi connectivity index (χ1) is 11.1. The van der Waals surface area contributed by atoms with Gasteiger partial charge >= 0.3 is 0 Å². The van der Waals surface area contributed by atoms with E-state index in [1.54, 1.807) is 0 Å². The molecule has 2 fully saturated rings. The number of halogens is 5. The maximum absolute atomic E-state index is 14.0. The molecule has 2 aliphatic heterocycles. The summed E-state index contributed by atoms with van der Waals surface area (Å²) in [4.78, 5) is 2.26. The number of ether oxygens (including phenoxy) is 1. The molecule has 0 aromatic heterocycles. The van der Waals surface area contributed by atoms with E-state index < -0.39 is 17.4 Å². The van der Waals surface area contributed by atoms with Gasteiger partial charge in [-0.1, -0.05) is 0 Å². The van der Waals surface area contributed by atoms with E-state index in [0.29, 0.717) is 18.8 Å². The monoisotopic (exact) mass is 462 g/mol. The number of hydrogen-bond donors (Lipinski definition) is 2. The highest BCUT2D eigenvalue weighted by molar-refractivity contribution is 9.10. The van der Waals surface area contributed by atoms with Crippen molar-refractivity contribution in [3.63, 3.8) is 0 Å². The van der Waals surface area contributed by atoms with Gasteiger partial charge in [0, 0.05) is 51.0 Å². The van der Waals surface area contributed by atoms with E-state index in [1.807, 2.05) is 0 Å². The minimum absolute atomic E-state index is 0. The van der Waals surface area contributed by atoms with Crippen LogP contribution in [0.4, 0.5) is 8.78 Å². The van der Waals surface area contributed by atoms with E-state index in [0.717, 1.165) is 39.0 Å². The Morgan fingerprint density at radius 2 is 1.76 bits per heavy atom. The van der Waals surface area contributed by atoms with Crippen molar-refractivity contribution >= 4 is 40.7 Å². The van der Waals surface area contributed by atoms with Crippen molar-refractivity contribution in [1.29, 1.82) is 0 Å². The zero-order valence-corrected chi connectivity index (χ0v) is 16.9. The predicted octanol–water partition coefficient (Wildman–Crippen LogP) is 3.65. The van der Waals surface area contributed by atoms with Crippen molar-refractivity contribution in [2.45, 2.75) is 18.9 Å². The largest absolute Gasteiger partial charge is 0.505 e. The summed E-state index contributed by atoms with van der Waals surface area (Å²) in [6.07, 6.45) is 1.70. The zero-order valence-electron chi connectivity index (χ0n) is 13.6. The smallest absolute Gasteiger partial charge is 0.201 e. The Hall–Kier alpha value is -0.180. The van der Waals surface area contributed by atoms with E-state index in [9.17, 15) is 13.9 Å². The van der Waals surface area contributed by atoms with E-state index in [2.05, 4.69) is 26.1 Å². The maximum Gasteiger partial charge on any atom is 0.201 e. The van der Waals surface area contributed by atoms with Gasteiger partial charge in [-0.3, -0.25) is 4.90 Å². The fourth-order valence-electron chi connectivity index (χ4n) is 3.57. The highest BCUT2D eigenvalue weighted by Crippen LogP contribution is 2.42. The van der Waals surface area contributed by atoms with Crippen LogP contribution in [0.25, 0.3) is 0 Å². The quantitative estimate of drug-likeness (QED) is 0.671. The number of hydrogen-bond acceptors (Lipinski definition) is 4. The van der Waals surface area contributed by atoms with Gasteiger partial charge in [-0.25, -0.2) is 4.39 Å². The minimum atomic E-state index is -1.18. The molecule has 2 heterocycles. The van der Waals surface area contributed by atoms with Crippen molar-refractivity contribution < 1.29 is 18.6 Å². The van der Waals surface area contributed by atoms with Crippen LogP contribution in [0.1, 0.15) is 24.4 Å². The lowest BCUT2D eigenvalue weighted by atomic mass is 9.85. The van der Waals surface area contributed by atoms with Crippen LogP contribution >= 0.6 is 40.7 Å². The molecule has 2 saturated heterocycles. The summed E-state index contributed by atoms with van der Waals surface area (Å²) in [6, 6.07) is 1.39. The van der Waals surface area contributed by atoms with Gasteiger partial charge in [0.15, 0.2) is 11.6 Å². The lowest BCUT2D eigenvalue weighted by Gasteiger charge is -2.41. The lowest BCUT2D eigenvalue weighted by Crippen LogP contribution is -2.47. The Kier molecular flexibility index (Phi) is 9.36.